The zero-order valence-electron chi connectivity index (χ0n) is 21.1. The number of carbonyl (C=O) groups excluding carboxylic acids is 1. The lowest BCUT2D eigenvalue weighted by atomic mass is 10.1. The molecule has 0 aromatic heterocycles. The fourth-order valence-electron chi connectivity index (χ4n) is 4.01. The number of primary amides is 1. The van der Waals surface area contributed by atoms with Crippen LogP contribution in [0.15, 0.2) is 113 Å². The summed E-state index contributed by atoms with van der Waals surface area (Å²) in [6.07, 6.45) is -0.613. The Bertz CT molecular complexity index is 1540. The molecule has 0 aliphatic heterocycles. The summed E-state index contributed by atoms with van der Waals surface area (Å²) in [4.78, 5) is 25.0. The number of sulfone groups is 1. The van der Waals surface area contributed by atoms with Gasteiger partial charge in [-0.15, -0.1) is 0 Å². The first-order valence-electron chi connectivity index (χ1n) is 12.2. The molecule has 0 saturated heterocycles. The van der Waals surface area contributed by atoms with E-state index in [1.807, 2.05) is 60.7 Å². The molecule has 200 valence electrons. The summed E-state index contributed by atoms with van der Waals surface area (Å²) in [7, 11) is -3.95. The molecular weight excluding hydrogens is 516 g/mol. The zero-order valence-corrected chi connectivity index (χ0v) is 21.9. The smallest absolute Gasteiger partial charge is 0.407 e. The second-order valence-corrected chi connectivity index (χ2v) is 10.8. The predicted octanol–water partition coefficient (Wildman–Crippen LogP) is 4.92. The van der Waals surface area contributed by atoms with Crippen molar-refractivity contribution in [3.05, 3.63) is 125 Å². The van der Waals surface area contributed by atoms with E-state index in [0.717, 1.165) is 16.7 Å². The molecule has 0 aliphatic carbocycles. The molecule has 3 N–H and O–H groups in total. The molecule has 0 fully saturated rings. The molecule has 4 aromatic carbocycles. The van der Waals surface area contributed by atoms with Crippen LogP contribution in [0, 0.1) is 0 Å². The topological polar surface area (TPSA) is 127 Å². The fourth-order valence-corrected chi connectivity index (χ4v) is 5.30. The van der Waals surface area contributed by atoms with Crippen LogP contribution >= 0.6 is 0 Å². The SMILES string of the molecule is NC(=O)c1cc(S(=O)(=O)c2ccc(CCN(Cc3ccccc3)C(=O)O)cc2)ccc1OCc1ccccc1. The Morgan fingerprint density at radius 3 is 1.95 bits per heavy atom. The molecule has 0 bridgehead atoms. The van der Waals surface area contributed by atoms with Crippen LogP contribution in [0.2, 0.25) is 0 Å². The second kappa shape index (κ2) is 12.3. The highest BCUT2D eigenvalue weighted by molar-refractivity contribution is 7.91. The van der Waals surface area contributed by atoms with Gasteiger partial charge in [-0.05, 0) is 53.4 Å². The summed E-state index contributed by atoms with van der Waals surface area (Å²) in [5.41, 5.74) is 8.05. The minimum Gasteiger partial charge on any atom is -0.488 e. The van der Waals surface area contributed by atoms with E-state index in [9.17, 15) is 23.1 Å². The maximum Gasteiger partial charge on any atom is 0.407 e. The number of nitrogens with zero attached hydrogens (tertiary/aromatic N) is 1. The molecule has 0 radical (unpaired) electrons. The lowest BCUT2D eigenvalue weighted by Crippen LogP contribution is -2.30. The third-order valence-electron chi connectivity index (χ3n) is 6.15. The molecule has 9 heteroatoms. The lowest BCUT2D eigenvalue weighted by Gasteiger charge is -2.19. The van der Waals surface area contributed by atoms with Gasteiger partial charge in [0.1, 0.15) is 12.4 Å². The molecule has 4 rings (SSSR count). The molecular formula is C30H28N2O6S. The molecule has 0 saturated carbocycles. The molecule has 0 heterocycles. The van der Waals surface area contributed by atoms with Crippen molar-refractivity contribution in [2.24, 2.45) is 5.73 Å². The van der Waals surface area contributed by atoms with Crippen molar-refractivity contribution in [2.45, 2.75) is 29.4 Å². The van der Waals surface area contributed by atoms with E-state index in [1.54, 1.807) is 12.1 Å². The van der Waals surface area contributed by atoms with E-state index >= 15 is 0 Å². The van der Waals surface area contributed by atoms with E-state index in [1.165, 1.54) is 35.2 Å². The van der Waals surface area contributed by atoms with E-state index < -0.39 is 21.8 Å². The van der Waals surface area contributed by atoms with Gasteiger partial charge in [0.05, 0.1) is 15.4 Å². The largest absolute Gasteiger partial charge is 0.488 e. The zero-order chi connectivity index (χ0) is 27.8. The Hall–Kier alpha value is -4.63. The van der Waals surface area contributed by atoms with Crippen molar-refractivity contribution in [2.75, 3.05) is 6.54 Å². The van der Waals surface area contributed by atoms with E-state index in [-0.39, 0.29) is 40.8 Å². The molecule has 2 amide bonds. The van der Waals surface area contributed by atoms with Crippen LogP contribution in [0.1, 0.15) is 27.0 Å². The number of hydrogen-bond acceptors (Lipinski definition) is 5. The van der Waals surface area contributed by atoms with Crippen LogP contribution in [0.3, 0.4) is 0 Å². The number of benzene rings is 4. The highest BCUT2D eigenvalue weighted by Crippen LogP contribution is 2.28. The predicted molar refractivity (Wildman–Crippen MR) is 146 cm³/mol. The first-order valence-corrected chi connectivity index (χ1v) is 13.7. The molecule has 0 atom stereocenters. The number of carboxylic acid groups (broad SMARTS) is 1. The second-order valence-electron chi connectivity index (χ2n) is 8.88. The minimum absolute atomic E-state index is 0.0317. The van der Waals surface area contributed by atoms with Gasteiger partial charge in [-0.2, -0.15) is 0 Å². The van der Waals surface area contributed by atoms with Gasteiger partial charge in [-0.1, -0.05) is 72.8 Å². The van der Waals surface area contributed by atoms with Crippen molar-refractivity contribution in [3.63, 3.8) is 0 Å². The van der Waals surface area contributed by atoms with Gasteiger partial charge in [0.25, 0.3) is 5.91 Å². The van der Waals surface area contributed by atoms with Crippen molar-refractivity contribution < 1.29 is 27.9 Å². The van der Waals surface area contributed by atoms with Gasteiger partial charge < -0.3 is 20.5 Å². The molecule has 4 aromatic rings. The Kier molecular flexibility index (Phi) is 8.63. The lowest BCUT2D eigenvalue weighted by molar-refractivity contribution is 0.0995. The number of carbonyl (C=O) groups is 2. The third-order valence-corrected chi connectivity index (χ3v) is 7.92. The fraction of sp³-hybridized carbons (Fsp3) is 0.133. The summed E-state index contributed by atoms with van der Waals surface area (Å²) < 4.78 is 32.3. The van der Waals surface area contributed by atoms with Crippen LogP contribution in [0.25, 0.3) is 0 Å². The highest BCUT2D eigenvalue weighted by atomic mass is 32.2. The Morgan fingerprint density at radius 1 is 0.769 bits per heavy atom. The van der Waals surface area contributed by atoms with Crippen LogP contribution in [0.4, 0.5) is 4.79 Å². The maximum absolute atomic E-state index is 13.3. The van der Waals surface area contributed by atoms with Gasteiger partial charge in [0.15, 0.2) is 0 Å². The first kappa shape index (κ1) is 27.4. The standard InChI is InChI=1S/C30H28N2O6S/c31-29(33)27-19-26(15-16-28(27)38-21-24-9-5-2-6-10-24)39(36,37)25-13-11-22(12-14-25)17-18-32(30(34)35)20-23-7-3-1-4-8-23/h1-16,19H,17-18,20-21H2,(H2,31,33)(H,34,35). The summed E-state index contributed by atoms with van der Waals surface area (Å²) >= 11 is 0. The van der Waals surface area contributed by atoms with Crippen LogP contribution < -0.4 is 10.5 Å². The monoisotopic (exact) mass is 544 g/mol. The van der Waals surface area contributed by atoms with Crippen LogP contribution in [0.5, 0.6) is 5.75 Å². The third kappa shape index (κ3) is 7.03. The van der Waals surface area contributed by atoms with Gasteiger partial charge in [-0.3, -0.25) is 4.79 Å². The number of hydrogen-bond donors (Lipinski definition) is 2. The van der Waals surface area contributed by atoms with Crippen molar-refractivity contribution >= 4 is 21.8 Å². The van der Waals surface area contributed by atoms with Crippen molar-refractivity contribution in [1.29, 1.82) is 0 Å². The first-order chi connectivity index (χ1) is 18.7. The van der Waals surface area contributed by atoms with Gasteiger partial charge in [-0.25, -0.2) is 13.2 Å². The minimum atomic E-state index is -3.95. The van der Waals surface area contributed by atoms with Crippen LogP contribution in [-0.2, 0) is 29.4 Å². The quantitative estimate of drug-likeness (QED) is 0.276. The van der Waals surface area contributed by atoms with E-state index in [4.69, 9.17) is 10.5 Å². The summed E-state index contributed by atoms with van der Waals surface area (Å²) in [5, 5.41) is 9.57. The number of amides is 2. The molecule has 0 aliphatic rings. The molecule has 0 spiro atoms. The molecule has 8 nitrogen and oxygen atoms in total. The number of ether oxygens (including phenoxy) is 1. The average molecular weight is 545 g/mol. The summed E-state index contributed by atoms with van der Waals surface area (Å²) in [5.74, 6) is -0.608. The number of nitrogens with two attached hydrogens (primary N) is 1. The normalized spacial score (nSPS) is 11.1. The Balaban J connectivity index is 1.46. The van der Waals surface area contributed by atoms with Crippen LogP contribution in [-0.4, -0.2) is 37.0 Å². The van der Waals surface area contributed by atoms with Crippen molar-refractivity contribution in [1.82, 2.24) is 4.90 Å². The van der Waals surface area contributed by atoms with Gasteiger partial charge in [0.2, 0.25) is 9.84 Å². The Morgan fingerprint density at radius 2 is 1.36 bits per heavy atom. The highest BCUT2D eigenvalue weighted by Gasteiger charge is 2.21. The number of rotatable bonds is 11. The average Bonchev–Trinajstić information content (AvgIpc) is 2.95. The molecule has 0 unspecified atom stereocenters. The Labute approximate surface area is 227 Å². The van der Waals surface area contributed by atoms with E-state index in [2.05, 4.69) is 0 Å². The summed E-state index contributed by atoms with van der Waals surface area (Å²) in [6.45, 7) is 0.706. The van der Waals surface area contributed by atoms with Gasteiger partial charge in [0, 0.05) is 13.1 Å². The maximum atomic E-state index is 13.3. The summed E-state index contributed by atoms with van der Waals surface area (Å²) in [6, 6.07) is 28.9. The molecule has 39 heavy (non-hydrogen) atoms. The van der Waals surface area contributed by atoms with Crippen molar-refractivity contribution in [3.8, 4) is 5.75 Å². The van der Waals surface area contributed by atoms with Gasteiger partial charge >= 0.3 is 6.09 Å². The van der Waals surface area contributed by atoms with E-state index in [0.29, 0.717) is 6.42 Å².